The van der Waals surface area contributed by atoms with E-state index in [2.05, 4.69) is 41.4 Å². The molecule has 2 rings (SSSR count). The predicted octanol–water partition coefficient (Wildman–Crippen LogP) is 3.85. The van der Waals surface area contributed by atoms with Crippen molar-refractivity contribution >= 4 is 5.96 Å². The number of aliphatic imine (C=N–C) groups is 1. The van der Waals surface area contributed by atoms with Crippen LogP contribution in [0.5, 0.6) is 0 Å². The minimum absolute atomic E-state index is 0.0742. The molecule has 0 amide bonds. The fraction of sp³-hybridized carbons (Fsp3) is 0.474. The Labute approximate surface area is 148 Å². The minimum atomic E-state index is -0.205. The molecule has 136 valence electrons. The third kappa shape index (κ3) is 5.05. The van der Waals surface area contributed by atoms with E-state index in [1.165, 1.54) is 0 Å². The molecular weight excluding hydrogens is 319 g/mol. The van der Waals surface area contributed by atoms with Crippen LogP contribution < -0.4 is 10.6 Å². The van der Waals surface area contributed by atoms with Gasteiger partial charge in [0.1, 0.15) is 11.6 Å². The van der Waals surface area contributed by atoms with Crippen LogP contribution in [0.4, 0.5) is 4.39 Å². The first-order valence-electron chi connectivity index (χ1n) is 8.39. The summed E-state index contributed by atoms with van der Waals surface area (Å²) in [7, 11) is 1.69. The van der Waals surface area contributed by atoms with Crippen molar-refractivity contribution in [2.75, 3.05) is 7.05 Å². The van der Waals surface area contributed by atoms with Crippen LogP contribution in [0.15, 0.2) is 33.8 Å². The Hall–Kier alpha value is -2.37. The van der Waals surface area contributed by atoms with Gasteiger partial charge in [-0.15, -0.1) is 0 Å². The van der Waals surface area contributed by atoms with E-state index in [-0.39, 0.29) is 17.3 Å². The number of halogens is 1. The number of hydrogen-bond donors (Lipinski definition) is 2. The highest BCUT2D eigenvalue weighted by Crippen LogP contribution is 2.22. The van der Waals surface area contributed by atoms with Gasteiger partial charge in [0, 0.05) is 12.5 Å². The van der Waals surface area contributed by atoms with Gasteiger partial charge in [-0.05, 0) is 31.0 Å². The molecule has 2 aromatic rings. The maximum atomic E-state index is 13.7. The number of aryl methyl sites for hydroxylation is 1. The van der Waals surface area contributed by atoms with Gasteiger partial charge in [-0.2, -0.15) is 0 Å². The lowest BCUT2D eigenvalue weighted by Gasteiger charge is -2.18. The number of oxazole rings is 1. The van der Waals surface area contributed by atoms with Gasteiger partial charge in [-0.3, -0.25) is 4.99 Å². The van der Waals surface area contributed by atoms with Crippen molar-refractivity contribution in [3.05, 3.63) is 53.0 Å². The quantitative estimate of drug-likeness (QED) is 0.652. The Kier molecular flexibility index (Phi) is 5.82. The predicted molar refractivity (Wildman–Crippen MR) is 98.1 cm³/mol. The molecule has 0 radical (unpaired) electrons. The van der Waals surface area contributed by atoms with Gasteiger partial charge in [-0.25, -0.2) is 9.37 Å². The second-order valence-corrected chi connectivity index (χ2v) is 7.17. The zero-order valence-corrected chi connectivity index (χ0v) is 15.8. The SMILES string of the molecule is CN=C(NCc1ncc(C(C)(C)C)o1)NC(C)c1ccc(C)c(F)c1. The molecule has 0 saturated heterocycles. The van der Waals surface area contributed by atoms with Crippen LogP contribution in [-0.4, -0.2) is 18.0 Å². The number of nitrogens with one attached hydrogen (secondary N) is 2. The molecular formula is C19H27FN4O. The number of guanidine groups is 1. The van der Waals surface area contributed by atoms with E-state index in [4.69, 9.17) is 4.42 Å². The van der Waals surface area contributed by atoms with Gasteiger partial charge >= 0.3 is 0 Å². The zero-order valence-electron chi connectivity index (χ0n) is 15.8. The van der Waals surface area contributed by atoms with E-state index in [0.29, 0.717) is 24.0 Å². The van der Waals surface area contributed by atoms with Gasteiger partial charge < -0.3 is 15.1 Å². The van der Waals surface area contributed by atoms with E-state index in [9.17, 15) is 4.39 Å². The van der Waals surface area contributed by atoms with Crippen molar-refractivity contribution in [3.63, 3.8) is 0 Å². The average molecular weight is 346 g/mol. The van der Waals surface area contributed by atoms with Crippen LogP contribution in [0.2, 0.25) is 0 Å². The molecule has 1 aromatic heterocycles. The summed E-state index contributed by atoms with van der Waals surface area (Å²) in [5, 5.41) is 6.41. The lowest BCUT2D eigenvalue weighted by molar-refractivity contribution is 0.379. The molecule has 0 spiro atoms. The molecule has 0 aliphatic rings. The van der Waals surface area contributed by atoms with Crippen LogP contribution in [0.25, 0.3) is 0 Å². The van der Waals surface area contributed by atoms with Crippen molar-refractivity contribution in [1.29, 1.82) is 0 Å². The van der Waals surface area contributed by atoms with Crippen molar-refractivity contribution in [2.45, 2.75) is 52.6 Å². The van der Waals surface area contributed by atoms with E-state index < -0.39 is 0 Å². The van der Waals surface area contributed by atoms with Gasteiger partial charge in [0.2, 0.25) is 5.89 Å². The molecule has 0 saturated carbocycles. The Morgan fingerprint density at radius 3 is 2.64 bits per heavy atom. The Balaban J connectivity index is 1.96. The number of aromatic nitrogens is 1. The molecule has 1 heterocycles. The monoisotopic (exact) mass is 346 g/mol. The number of benzene rings is 1. The number of rotatable bonds is 4. The summed E-state index contributed by atoms with van der Waals surface area (Å²) < 4.78 is 19.5. The summed E-state index contributed by atoms with van der Waals surface area (Å²) in [4.78, 5) is 8.48. The van der Waals surface area contributed by atoms with Crippen molar-refractivity contribution < 1.29 is 8.81 Å². The Morgan fingerprint density at radius 2 is 2.08 bits per heavy atom. The molecule has 1 unspecified atom stereocenters. The highest BCUT2D eigenvalue weighted by atomic mass is 19.1. The number of hydrogen-bond acceptors (Lipinski definition) is 3. The van der Waals surface area contributed by atoms with E-state index in [1.807, 2.05) is 13.0 Å². The molecule has 5 nitrogen and oxygen atoms in total. The van der Waals surface area contributed by atoms with Crippen LogP contribution in [-0.2, 0) is 12.0 Å². The standard InChI is InChI=1S/C19H27FN4O/c1-12-7-8-14(9-15(12)20)13(2)24-18(21-6)23-11-17-22-10-16(25-17)19(3,4)5/h7-10,13H,11H2,1-6H3,(H2,21,23,24). The minimum Gasteiger partial charge on any atom is -0.443 e. The van der Waals surface area contributed by atoms with Gasteiger partial charge in [0.25, 0.3) is 0 Å². The van der Waals surface area contributed by atoms with Gasteiger partial charge in [0.15, 0.2) is 5.96 Å². The fourth-order valence-corrected chi connectivity index (χ4v) is 2.26. The first-order valence-corrected chi connectivity index (χ1v) is 8.39. The maximum absolute atomic E-state index is 13.7. The topological polar surface area (TPSA) is 62.5 Å². The summed E-state index contributed by atoms with van der Waals surface area (Å²) >= 11 is 0. The molecule has 0 aliphatic carbocycles. The van der Waals surface area contributed by atoms with E-state index >= 15 is 0 Å². The highest BCUT2D eigenvalue weighted by molar-refractivity contribution is 5.80. The highest BCUT2D eigenvalue weighted by Gasteiger charge is 2.19. The average Bonchev–Trinajstić information content (AvgIpc) is 3.03. The summed E-state index contributed by atoms with van der Waals surface area (Å²) in [6, 6.07) is 5.15. The van der Waals surface area contributed by atoms with Crippen LogP contribution in [0.1, 0.15) is 56.5 Å². The lowest BCUT2D eigenvalue weighted by atomic mass is 9.94. The maximum Gasteiger partial charge on any atom is 0.213 e. The first-order chi connectivity index (χ1) is 11.7. The van der Waals surface area contributed by atoms with Crippen molar-refractivity contribution in [1.82, 2.24) is 15.6 Å². The molecule has 0 fully saturated rings. The summed E-state index contributed by atoms with van der Waals surface area (Å²) in [6.07, 6.45) is 1.75. The summed E-state index contributed by atoms with van der Waals surface area (Å²) in [5.74, 6) is 1.84. The lowest BCUT2D eigenvalue weighted by Crippen LogP contribution is -2.38. The third-order valence-electron chi connectivity index (χ3n) is 3.97. The fourth-order valence-electron chi connectivity index (χ4n) is 2.26. The van der Waals surface area contributed by atoms with Crippen LogP contribution >= 0.6 is 0 Å². The summed E-state index contributed by atoms with van der Waals surface area (Å²) in [5.41, 5.74) is 1.42. The van der Waals surface area contributed by atoms with E-state index in [1.54, 1.807) is 32.3 Å². The largest absolute Gasteiger partial charge is 0.443 e. The zero-order chi connectivity index (χ0) is 18.6. The molecule has 6 heteroatoms. The molecule has 0 aliphatic heterocycles. The van der Waals surface area contributed by atoms with Crippen LogP contribution in [0.3, 0.4) is 0 Å². The second kappa shape index (κ2) is 7.68. The smallest absolute Gasteiger partial charge is 0.213 e. The molecule has 0 bridgehead atoms. The van der Waals surface area contributed by atoms with Gasteiger partial charge in [0.05, 0.1) is 18.8 Å². The molecule has 1 aromatic carbocycles. The Morgan fingerprint density at radius 1 is 1.36 bits per heavy atom. The third-order valence-corrected chi connectivity index (χ3v) is 3.97. The van der Waals surface area contributed by atoms with Crippen LogP contribution in [0, 0.1) is 12.7 Å². The normalized spacial score (nSPS) is 13.6. The Bertz CT molecular complexity index is 746. The van der Waals surface area contributed by atoms with Crippen molar-refractivity contribution in [3.8, 4) is 0 Å². The first kappa shape index (κ1) is 19.0. The number of nitrogens with zero attached hydrogens (tertiary/aromatic N) is 2. The summed E-state index contributed by atoms with van der Waals surface area (Å²) in [6.45, 7) is 10.4. The van der Waals surface area contributed by atoms with Crippen molar-refractivity contribution in [2.24, 2.45) is 4.99 Å². The molecule has 1 atom stereocenters. The molecule has 25 heavy (non-hydrogen) atoms. The van der Waals surface area contributed by atoms with Gasteiger partial charge in [-0.1, -0.05) is 32.9 Å². The second-order valence-electron chi connectivity index (χ2n) is 7.17. The molecule has 2 N–H and O–H groups in total. The van der Waals surface area contributed by atoms with E-state index in [0.717, 1.165) is 11.3 Å².